The lowest BCUT2D eigenvalue weighted by Gasteiger charge is -2.12. The third-order valence-corrected chi connectivity index (χ3v) is 6.43. The summed E-state index contributed by atoms with van der Waals surface area (Å²) in [5, 5.41) is 3.05. The van der Waals surface area contributed by atoms with Crippen LogP contribution < -0.4 is 5.32 Å². The normalized spacial score (nSPS) is 14.8. The number of ketones is 1. The van der Waals surface area contributed by atoms with Gasteiger partial charge in [0.1, 0.15) is 5.37 Å². The zero-order valence-electron chi connectivity index (χ0n) is 16.4. The number of amides is 1. The Labute approximate surface area is 183 Å². The molecule has 0 saturated carbocycles. The van der Waals surface area contributed by atoms with E-state index in [0.717, 1.165) is 17.0 Å². The van der Waals surface area contributed by atoms with Crippen LogP contribution in [0.2, 0.25) is 0 Å². The Hall–Kier alpha value is -3.71. The summed E-state index contributed by atoms with van der Waals surface area (Å²) >= 11 is 1.77. The third-order valence-electron chi connectivity index (χ3n) is 5.18. The van der Waals surface area contributed by atoms with Gasteiger partial charge in [-0.3, -0.25) is 19.6 Å². The summed E-state index contributed by atoms with van der Waals surface area (Å²) in [6.45, 7) is 0. The van der Waals surface area contributed by atoms with E-state index in [1.54, 1.807) is 60.6 Å². The van der Waals surface area contributed by atoms with E-state index in [-0.39, 0.29) is 17.1 Å². The topological polar surface area (TPSA) is 76.9 Å². The molecule has 0 bridgehead atoms. The molecule has 31 heavy (non-hydrogen) atoms. The van der Waals surface area contributed by atoms with Gasteiger partial charge in [0.25, 0.3) is 5.91 Å². The van der Waals surface area contributed by atoms with Gasteiger partial charge in [0.2, 0.25) is 0 Å². The van der Waals surface area contributed by atoms with Crippen molar-refractivity contribution in [3.8, 4) is 0 Å². The molecule has 5 rings (SSSR count). The summed E-state index contributed by atoms with van der Waals surface area (Å²) in [5.41, 5.74) is 4.32. The van der Waals surface area contributed by atoms with E-state index >= 15 is 0 Å². The molecule has 3 aromatic heterocycles. The molecule has 0 aliphatic carbocycles. The summed E-state index contributed by atoms with van der Waals surface area (Å²) in [6.07, 6.45) is 8.72. The van der Waals surface area contributed by atoms with Crippen molar-refractivity contribution in [1.82, 2.24) is 14.5 Å². The second kappa shape index (κ2) is 8.20. The number of benzene rings is 1. The summed E-state index contributed by atoms with van der Waals surface area (Å²) in [4.78, 5) is 33.9. The number of anilines is 1. The summed E-state index contributed by atoms with van der Waals surface area (Å²) < 4.78 is 2.12. The minimum atomic E-state index is -0.188. The van der Waals surface area contributed by atoms with E-state index < -0.39 is 0 Å². The molecule has 4 aromatic rings. The fourth-order valence-corrected chi connectivity index (χ4v) is 4.99. The Morgan fingerprint density at radius 2 is 1.77 bits per heavy atom. The number of nitrogens with one attached hydrogen (secondary N) is 1. The first-order valence-electron chi connectivity index (χ1n) is 9.78. The van der Waals surface area contributed by atoms with Crippen LogP contribution in [0.3, 0.4) is 0 Å². The number of fused-ring (bicyclic) bond motifs is 1. The van der Waals surface area contributed by atoms with Gasteiger partial charge in [0.05, 0.1) is 5.56 Å². The minimum absolute atomic E-state index is 0.116. The van der Waals surface area contributed by atoms with E-state index in [1.165, 1.54) is 6.20 Å². The van der Waals surface area contributed by atoms with Gasteiger partial charge in [-0.05, 0) is 36.4 Å². The molecule has 1 atom stereocenters. The molecular weight excluding hydrogens is 408 g/mol. The van der Waals surface area contributed by atoms with Gasteiger partial charge < -0.3 is 9.88 Å². The highest BCUT2D eigenvalue weighted by atomic mass is 32.2. The molecule has 6 nitrogen and oxygen atoms in total. The molecule has 1 N–H and O–H groups in total. The molecular formula is C24H18N4O2S. The van der Waals surface area contributed by atoms with Gasteiger partial charge >= 0.3 is 0 Å². The minimum Gasteiger partial charge on any atom is -0.333 e. The van der Waals surface area contributed by atoms with Gasteiger partial charge in [-0.2, -0.15) is 0 Å². The number of hydrogen-bond donors (Lipinski definition) is 1. The summed E-state index contributed by atoms with van der Waals surface area (Å²) in [5.74, 6) is 0.423. The van der Waals surface area contributed by atoms with Crippen LogP contribution in [0.15, 0.2) is 85.6 Å². The fourth-order valence-electron chi connectivity index (χ4n) is 3.68. The number of aromatic nitrogens is 3. The van der Waals surface area contributed by atoms with Crippen LogP contribution in [0, 0.1) is 0 Å². The first-order valence-corrected chi connectivity index (χ1v) is 10.8. The quantitative estimate of drug-likeness (QED) is 0.474. The molecule has 0 fully saturated rings. The Morgan fingerprint density at radius 1 is 0.968 bits per heavy atom. The van der Waals surface area contributed by atoms with Gasteiger partial charge in [-0.25, -0.2) is 0 Å². The molecule has 1 amide bonds. The molecule has 152 valence electrons. The number of rotatable bonds is 5. The highest BCUT2D eigenvalue weighted by Crippen LogP contribution is 2.41. The Balaban J connectivity index is 1.36. The molecule has 1 unspecified atom stereocenters. The number of hydrogen-bond acceptors (Lipinski definition) is 5. The summed E-state index contributed by atoms with van der Waals surface area (Å²) in [7, 11) is 0. The number of nitrogens with zero attached hydrogens (tertiary/aromatic N) is 3. The average Bonchev–Trinajstić information content (AvgIpc) is 3.42. The van der Waals surface area contributed by atoms with Crippen LogP contribution in [0.25, 0.3) is 0 Å². The molecule has 1 aliphatic rings. The molecule has 0 saturated heterocycles. The van der Waals surface area contributed by atoms with Crippen LogP contribution in [0.1, 0.15) is 42.9 Å². The molecule has 4 heterocycles. The van der Waals surface area contributed by atoms with E-state index in [2.05, 4.69) is 19.9 Å². The van der Waals surface area contributed by atoms with Crippen LogP contribution in [-0.2, 0) is 5.75 Å². The van der Waals surface area contributed by atoms with Crippen LogP contribution in [0.4, 0.5) is 5.69 Å². The van der Waals surface area contributed by atoms with Crippen LogP contribution >= 0.6 is 11.8 Å². The predicted octanol–water partition coefficient (Wildman–Crippen LogP) is 4.56. The largest absolute Gasteiger partial charge is 0.333 e. The SMILES string of the molecule is O=C(c1cccnc1)c1cccc(NC(=O)c2ccn3c2CSC3c2cccnc2)c1. The first-order chi connectivity index (χ1) is 15.2. The van der Waals surface area contributed by atoms with Gasteiger partial charge in [0, 0.05) is 64.8 Å². The zero-order valence-corrected chi connectivity index (χ0v) is 17.3. The lowest BCUT2D eigenvalue weighted by Crippen LogP contribution is -2.14. The zero-order chi connectivity index (χ0) is 21.2. The highest BCUT2D eigenvalue weighted by molar-refractivity contribution is 7.99. The maximum atomic E-state index is 13.0. The van der Waals surface area contributed by atoms with Crippen molar-refractivity contribution in [3.05, 3.63) is 114 Å². The van der Waals surface area contributed by atoms with Crippen molar-refractivity contribution in [2.24, 2.45) is 0 Å². The van der Waals surface area contributed by atoms with Crippen LogP contribution in [0.5, 0.6) is 0 Å². The van der Waals surface area contributed by atoms with E-state index in [9.17, 15) is 9.59 Å². The van der Waals surface area contributed by atoms with Crippen molar-refractivity contribution in [1.29, 1.82) is 0 Å². The van der Waals surface area contributed by atoms with Crippen molar-refractivity contribution in [3.63, 3.8) is 0 Å². The molecule has 0 radical (unpaired) electrons. The predicted molar refractivity (Wildman–Crippen MR) is 120 cm³/mol. The highest BCUT2D eigenvalue weighted by Gasteiger charge is 2.28. The molecule has 0 spiro atoms. The number of pyridine rings is 2. The number of thioether (sulfide) groups is 1. The van der Waals surface area contributed by atoms with E-state index in [4.69, 9.17) is 0 Å². The molecule has 1 aliphatic heterocycles. The van der Waals surface area contributed by atoms with Crippen LogP contribution in [-0.4, -0.2) is 26.2 Å². The molecule has 7 heteroatoms. The lowest BCUT2D eigenvalue weighted by molar-refractivity contribution is 0.102. The van der Waals surface area contributed by atoms with Crippen molar-refractivity contribution in [2.45, 2.75) is 11.1 Å². The van der Waals surface area contributed by atoms with Crippen molar-refractivity contribution < 1.29 is 9.59 Å². The average molecular weight is 427 g/mol. The smallest absolute Gasteiger partial charge is 0.257 e. The molecule has 1 aromatic carbocycles. The van der Waals surface area contributed by atoms with E-state index in [1.807, 2.05) is 30.6 Å². The second-order valence-corrected chi connectivity index (χ2v) is 8.21. The summed E-state index contributed by atoms with van der Waals surface area (Å²) in [6, 6.07) is 16.2. The standard InChI is InChI=1S/C24H18N4O2S/c29-22(17-5-2-9-25-13-17)16-4-1-7-19(12-16)27-23(30)20-8-11-28-21(20)15-31-24(28)18-6-3-10-26-14-18/h1-14,24H,15H2,(H,27,30). The number of carbonyl (C=O) groups is 2. The fraction of sp³-hybridized carbons (Fsp3) is 0.0833. The van der Waals surface area contributed by atoms with Gasteiger partial charge in [0.15, 0.2) is 5.78 Å². The van der Waals surface area contributed by atoms with Crippen molar-refractivity contribution in [2.75, 3.05) is 5.32 Å². The van der Waals surface area contributed by atoms with Crippen molar-refractivity contribution >= 4 is 29.1 Å². The lowest BCUT2D eigenvalue weighted by atomic mass is 10.0. The second-order valence-electron chi connectivity index (χ2n) is 7.14. The Kier molecular flexibility index (Phi) is 5.09. The number of carbonyl (C=O) groups excluding carboxylic acids is 2. The van der Waals surface area contributed by atoms with Gasteiger partial charge in [-0.15, -0.1) is 11.8 Å². The van der Waals surface area contributed by atoms with Gasteiger partial charge in [-0.1, -0.05) is 18.2 Å². The maximum absolute atomic E-state index is 13.0. The first kappa shape index (κ1) is 19.3. The Bertz CT molecular complexity index is 1260. The monoisotopic (exact) mass is 426 g/mol. The van der Waals surface area contributed by atoms with E-state index in [0.29, 0.717) is 22.4 Å². The Morgan fingerprint density at radius 3 is 2.55 bits per heavy atom. The maximum Gasteiger partial charge on any atom is 0.257 e. The third kappa shape index (κ3) is 3.75.